The van der Waals surface area contributed by atoms with Crippen LogP contribution >= 0.6 is 0 Å². The number of carbonyl (C=O) groups is 2. The lowest BCUT2D eigenvalue weighted by Crippen LogP contribution is -2.36. The van der Waals surface area contributed by atoms with Crippen molar-refractivity contribution in [2.24, 2.45) is 0 Å². The van der Waals surface area contributed by atoms with Crippen LogP contribution in [0.3, 0.4) is 0 Å². The summed E-state index contributed by atoms with van der Waals surface area (Å²) < 4.78 is 1.61. The van der Waals surface area contributed by atoms with Gasteiger partial charge < -0.3 is 10.6 Å². The number of aromatic nitrogens is 2. The molecule has 0 aliphatic heterocycles. The summed E-state index contributed by atoms with van der Waals surface area (Å²) in [6.07, 6.45) is 7.09. The normalized spacial score (nSPS) is 14.3. The lowest BCUT2D eigenvalue weighted by molar-refractivity contribution is 0.0925. The molecule has 0 atom stereocenters. The van der Waals surface area contributed by atoms with Gasteiger partial charge in [-0.2, -0.15) is 5.26 Å². The van der Waals surface area contributed by atoms with Gasteiger partial charge in [-0.3, -0.25) is 14.0 Å². The zero-order valence-corrected chi connectivity index (χ0v) is 15.9. The van der Waals surface area contributed by atoms with Crippen molar-refractivity contribution in [2.45, 2.75) is 38.1 Å². The Morgan fingerprint density at radius 3 is 2.69 bits per heavy atom. The van der Waals surface area contributed by atoms with E-state index in [4.69, 9.17) is 5.26 Å². The summed E-state index contributed by atoms with van der Waals surface area (Å²) in [6, 6.07) is 14.2. The number of nitrogens with zero attached hydrogens (tertiary/aromatic N) is 3. The Hall–Kier alpha value is -3.66. The lowest BCUT2D eigenvalue weighted by atomic mass is 9.95. The van der Waals surface area contributed by atoms with Crippen LogP contribution < -0.4 is 10.6 Å². The zero-order chi connectivity index (χ0) is 20.2. The van der Waals surface area contributed by atoms with Gasteiger partial charge in [0.25, 0.3) is 11.8 Å². The van der Waals surface area contributed by atoms with Crippen molar-refractivity contribution >= 4 is 23.0 Å². The maximum Gasteiger partial charge on any atom is 0.292 e. The molecule has 7 heteroatoms. The first kappa shape index (κ1) is 18.7. The standard InChI is InChI=1S/C22H21N5O2/c23-14-15-7-6-10-17(13-15)25-22(29)20-26-19(18-11-4-5-12-27(18)20)21(28)24-16-8-2-1-3-9-16/h4-7,10-13,16H,1-3,8-9H2,(H,24,28)(H,25,29). The number of benzene rings is 1. The highest BCUT2D eigenvalue weighted by atomic mass is 16.2. The molecule has 1 aromatic carbocycles. The summed E-state index contributed by atoms with van der Waals surface area (Å²) in [7, 11) is 0. The van der Waals surface area contributed by atoms with E-state index in [1.807, 2.05) is 12.1 Å². The molecule has 0 spiro atoms. The highest BCUT2D eigenvalue weighted by Crippen LogP contribution is 2.20. The number of rotatable bonds is 4. The monoisotopic (exact) mass is 387 g/mol. The van der Waals surface area contributed by atoms with Gasteiger partial charge in [0.05, 0.1) is 17.1 Å². The largest absolute Gasteiger partial charge is 0.348 e. The van der Waals surface area contributed by atoms with E-state index in [0.717, 1.165) is 25.7 Å². The quantitative estimate of drug-likeness (QED) is 0.715. The average molecular weight is 387 g/mol. The van der Waals surface area contributed by atoms with Gasteiger partial charge in [0.2, 0.25) is 5.82 Å². The summed E-state index contributed by atoms with van der Waals surface area (Å²) in [5, 5.41) is 14.8. The van der Waals surface area contributed by atoms with Crippen LogP contribution in [0.2, 0.25) is 0 Å². The summed E-state index contributed by atoms with van der Waals surface area (Å²) in [5.41, 5.74) is 1.77. The molecule has 2 N–H and O–H groups in total. The van der Waals surface area contributed by atoms with Crippen molar-refractivity contribution in [2.75, 3.05) is 5.32 Å². The van der Waals surface area contributed by atoms with Gasteiger partial charge in [-0.25, -0.2) is 4.98 Å². The highest BCUT2D eigenvalue weighted by Gasteiger charge is 2.24. The number of carbonyl (C=O) groups excluding carboxylic acids is 2. The molecular weight excluding hydrogens is 366 g/mol. The molecule has 29 heavy (non-hydrogen) atoms. The fourth-order valence-corrected chi connectivity index (χ4v) is 3.72. The fourth-order valence-electron chi connectivity index (χ4n) is 3.72. The summed E-state index contributed by atoms with van der Waals surface area (Å²) >= 11 is 0. The van der Waals surface area contributed by atoms with Crippen molar-refractivity contribution in [3.63, 3.8) is 0 Å². The van der Waals surface area contributed by atoms with Crippen molar-refractivity contribution in [3.8, 4) is 6.07 Å². The predicted octanol–water partition coefficient (Wildman–Crippen LogP) is 3.52. The second-order valence-corrected chi connectivity index (χ2v) is 7.20. The summed E-state index contributed by atoms with van der Waals surface area (Å²) in [5.74, 6) is -0.583. The summed E-state index contributed by atoms with van der Waals surface area (Å²) in [4.78, 5) is 30.1. The third-order valence-corrected chi connectivity index (χ3v) is 5.16. The van der Waals surface area contributed by atoms with Gasteiger partial charge in [-0.1, -0.05) is 31.4 Å². The Kier molecular flexibility index (Phi) is 5.25. The molecule has 2 heterocycles. The zero-order valence-electron chi connectivity index (χ0n) is 15.9. The smallest absolute Gasteiger partial charge is 0.292 e. The maximum atomic E-state index is 12.8. The Labute approximate surface area is 168 Å². The first-order chi connectivity index (χ1) is 14.2. The number of pyridine rings is 1. The summed E-state index contributed by atoms with van der Waals surface area (Å²) in [6.45, 7) is 0. The van der Waals surface area contributed by atoms with E-state index < -0.39 is 5.91 Å². The molecule has 1 aliphatic rings. The Morgan fingerprint density at radius 2 is 1.90 bits per heavy atom. The van der Waals surface area contributed by atoms with Crippen LogP contribution in [0.5, 0.6) is 0 Å². The number of amides is 2. The molecule has 1 fully saturated rings. The van der Waals surface area contributed by atoms with Crippen LogP contribution in [0.4, 0.5) is 5.69 Å². The molecule has 0 saturated heterocycles. The number of hydrogen-bond acceptors (Lipinski definition) is 4. The Balaban J connectivity index is 1.62. The number of nitriles is 1. The molecule has 4 rings (SSSR count). The van der Waals surface area contributed by atoms with Crippen molar-refractivity contribution in [3.05, 3.63) is 65.7 Å². The van der Waals surface area contributed by atoms with Crippen LogP contribution in [0.25, 0.3) is 5.52 Å². The minimum Gasteiger partial charge on any atom is -0.348 e. The second kappa shape index (κ2) is 8.15. The second-order valence-electron chi connectivity index (χ2n) is 7.20. The van der Waals surface area contributed by atoms with Crippen molar-refractivity contribution < 1.29 is 9.59 Å². The van der Waals surface area contributed by atoms with E-state index >= 15 is 0 Å². The fraction of sp³-hybridized carbons (Fsp3) is 0.273. The van der Waals surface area contributed by atoms with Crippen LogP contribution in [0, 0.1) is 11.3 Å². The maximum absolute atomic E-state index is 12.8. The minimum absolute atomic E-state index is 0.122. The van der Waals surface area contributed by atoms with E-state index in [9.17, 15) is 9.59 Å². The molecule has 3 aromatic rings. The van der Waals surface area contributed by atoms with Crippen LogP contribution in [-0.2, 0) is 0 Å². The van der Waals surface area contributed by atoms with E-state index in [0.29, 0.717) is 16.8 Å². The minimum atomic E-state index is -0.446. The predicted molar refractivity (Wildman–Crippen MR) is 109 cm³/mol. The molecule has 2 amide bonds. The topological polar surface area (TPSA) is 99.3 Å². The van der Waals surface area contributed by atoms with Crippen LogP contribution in [0.15, 0.2) is 48.7 Å². The van der Waals surface area contributed by atoms with E-state index in [1.165, 1.54) is 6.42 Å². The SMILES string of the molecule is N#Cc1cccc(NC(=O)c2nc(C(=O)NC3CCCCC3)c3ccccn23)c1. The number of anilines is 1. The number of imidazole rings is 1. The van der Waals surface area contributed by atoms with Gasteiger partial charge in [0, 0.05) is 17.9 Å². The third kappa shape index (κ3) is 3.97. The van der Waals surface area contributed by atoms with Crippen molar-refractivity contribution in [1.29, 1.82) is 5.26 Å². The first-order valence-corrected chi connectivity index (χ1v) is 9.75. The molecule has 1 aliphatic carbocycles. The molecule has 0 unspecified atom stereocenters. The van der Waals surface area contributed by atoms with Gasteiger partial charge in [-0.15, -0.1) is 0 Å². The number of nitrogens with one attached hydrogen (secondary N) is 2. The first-order valence-electron chi connectivity index (χ1n) is 9.75. The van der Waals surface area contributed by atoms with Gasteiger partial charge >= 0.3 is 0 Å². The highest BCUT2D eigenvalue weighted by molar-refractivity contribution is 6.06. The van der Waals surface area contributed by atoms with E-state index in [1.54, 1.807) is 47.0 Å². The van der Waals surface area contributed by atoms with Crippen LogP contribution in [0.1, 0.15) is 58.8 Å². The number of fused-ring (bicyclic) bond motifs is 1. The molecule has 2 aromatic heterocycles. The molecular formula is C22H21N5O2. The third-order valence-electron chi connectivity index (χ3n) is 5.16. The van der Waals surface area contributed by atoms with Crippen molar-refractivity contribution in [1.82, 2.24) is 14.7 Å². The number of hydrogen-bond donors (Lipinski definition) is 2. The van der Waals surface area contributed by atoms with Crippen LogP contribution in [-0.4, -0.2) is 27.2 Å². The Morgan fingerprint density at radius 1 is 1.07 bits per heavy atom. The lowest BCUT2D eigenvalue weighted by Gasteiger charge is -2.22. The van der Waals surface area contributed by atoms with Gasteiger partial charge in [0.1, 0.15) is 0 Å². The average Bonchev–Trinajstić information content (AvgIpc) is 3.15. The Bertz CT molecular complexity index is 1110. The molecule has 0 bridgehead atoms. The van der Waals surface area contributed by atoms with E-state index in [2.05, 4.69) is 15.6 Å². The van der Waals surface area contributed by atoms with Gasteiger partial charge in [0.15, 0.2) is 5.69 Å². The molecule has 0 radical (unpaired) electrons. The van der Waals surface area contributed by atoms with E-state index in [-0.39, 0.29) is 23.5 Å². The molecule has 7 nitrogen and oxygen atoms in total. The molecule has 146 valence electrons. The molecule has 1 saturated carbocycles. The van der Waals surface area contributed by atoms with Gasteiger partial charge in [-0.05, 0) is 43.2 Å².